The van der Waals surface area contributed by atoms with Gasteiger partial charge in [-0.3, -0.25) is 14.5 Å². The lowest BCUT2D eigenvalue weighted by Gasteiger charge is -2.42. The van der Waals surface area contributed by atoms with Gasteiger partial charge in [-0.2, -0.15) is 0 Å². The number of carbonyl (C=O) groups excluding carboxylic acids is 2. The fraction of sp³-hybridized carbons (Fsp3) is 0.600. The highest BCUT2D eigenvalue weighted by Crippen LogP contribution is 2.21. The summed E-state index contributed by atoms with van der Waals surface area (Å²) in [4.78, 5) is 38.2. The Morgan fingerprint density at radius 2 is 1.79 bits per heavy atom. The lowest BCUT2D eigenvalue weighted by molar-refractivity contribution is -0.134. The zero-order valence-corrected chi connectivity index (χ0v) is 21.8. The number of benzene rings is 1. The summed E-state index contributed by atoms with van der Waals surface area (Å²) in [6, 6.07) is 7.98. The van der Waals surface area contributed by atoms with Crippen LogP contribution in [0.1, 0.15) is 43.1 Å². The first-order valence-electron chi connectivity index (χ1n) is 12.2. The summed E-state index contributed by atoms with van der Waals surface area (Å²) in [5, 5.41) is 1.54. The van der Waals surface area contributed by atoms with Crippen LogP contribution in [-0.4, -0.2) is 102 Å². The monoisotopic (exact) mass is 509 g/mol. The third-order valence-electron chi connectivity index (χ3n) is 7.08. The van der Waals surface area contributed by atoms with Crippen molar-refractivity contribution in [3.8, 4) is 0 Å². The number of carbonyl (C=O) groups is 2. The average Bonchev–Trinajstić information content (AvgIpc) is 3.25. The fourth-order valence-corrected chi connectivity index (χ4v) is 5.13. The molecule has 3 heterocycles. The second kappa shape index (κ2) is 12.2. The molecule has 1 aromatic carbocycles. The molecule has 0 aliphatic carbocycles. The van der Waals surface area contributed by atoms with E-state index in [-0.39, 0.29) is 30.8 Å². The number of rotatable bonds is 7. The van der Waals surface area contributed by atoms with Crippen molar-refractivity contribution in [3.05, 3.63) is 35.0 Å². The predicted octanol–water partition coefficient (Wildman–Crippen LogP) is 3.72. The van der Waals surface area contributed by atoms with Crippen LogP contribution in [0.2, 0.25) is 5.02 Å². The van der Waals surface area contributed by atoms with E-state index in [1.54, 1.807) is 11.0 Å². The number of halogens is 2. The first-order valence-corrected chi connectivity index (χ1v) is 12.6. The van der Waals surface area contributed by atoms with Crippen molar-refractivity contribution in [1.29, 1.82) is 0 Å². The van der Waals surface area contributed by atoms with Gasteiger partial charge >= 0.3 is 0 Å². The molecule has 7 nitrogen and oxygen atoms in total. The highest BCUT2D eigenvalue weighted by Gasteiger charge is 2.29. The van der Waals surface area contributed by atoms with Crippen LogP contribution in [0, 0.1) is 0 Å². The third kappa shape index (κ3) is 6.45. The van der Waals surface area contributed by atoms with E-state index in [4.69, 9.17) is 11.6 Å². The zero-order chi connectivity index (χ0) is 23.4. The van der Waals surface area contributed by atoms with Gasteiger partial charge in [0.15, 0.2) is 0 Å². The maximum atomic E-state index is 13.3. The van der Waals surface area contributed by atoms with Gasteiger partial charge < -0.3 is 19.7 Å². The van der Waals surface area contributed by atoms with Crippen molar-refractivity contribution in [2.24, 2.45) is 0 Å². The van der Waals surface area contributed by atoms with Gasteiger partial charge in [-0.1, -0.05) is 24.9 Å². The van der Waals surface area contributed by atoms with Crippen LogP contribution in [0.25, 0.3) is 10.9 Å². The number of aromatic amines is 1. The molecule has 0 unspecified atom stereocenters. The predicted molar refractivity (Wildman–Crippen MR) is 140 cm³/mol. The molecule has 2 amide bonds. The Morgan fingerprint density at radius 1 is 1.09 bits per heavy atom. The van der Waals surface area contributed by atoms with E-state index in [0.29, 0.717) is 23.3 Å². The molecule has 34 heavy (non-hydrogen) atoms. The number of hydrogen-bond acceptors (Lipinski definition) is 4. The minimum Gasteiger partial charge on any atom is -0.351 e. The minimum atomic E-state index is -0.130. The lowest BCUT2D eigenvalue weighted by atomic mass is 10.0. The van der Waals surface area contributed by atoms with Crippen molar-refractivity contribution < 1.29 is 9.59 Å². The number of H-pyrrole nitrogens is 1. The van der Waals surface area contributed by atoms with Gasteiger partial charge in [0.05, 0.1) is 0 Å². The van der Waals surface area contributed by atoms with Gasteiger partial charge in [0.25, 0.3) is 5.91 Å². The van der Waals surface area contributed by atoms with E-state index in [1.807, 2.05) is 23.1 Å². The molecule has 9 heteroatoms. The smallest absolute Gasteiger partial charge is 0.270 e. The topological polar surface area (TPSA) is 62.9 Å². The number of hydrogen-bond donors (Lipinski definition) is 1. The Kier molecular flexibility index (Phi) is 9.65. The van der Waals surface area contributed by atoms with E-state index < -0.39 is 0 Å². The molecular weight excluding hydrogens is 473 g/mol. The van der Waals surface area contributed by atoms with Crippen LogP contribution in [0.4, 0.5) is 0 Å². The molecule has 1 aromatic heterocycles. The maximum absolute atomic E-state index is 13.3. The summed E-state index contributed by atoms with van der Waals surface area (Å²) >= 11 is 6.09. The Bertz CT molecular complexity index is 965. The van der Waals surface area contributed by atoms with E-state index in [1.165, 1.54) is 12.8 Å². The average molecular weight is 511 g/mol. The van der Waals surface area contributed by atoms with E-state index >= 15 is 0 Å². The number of fused-ring (bicyclic) bond motifs is 1. The number of amides is 2. The van der Waals surface area contributed by atoms with Crippen LogP contribution in [0.5, 0.6) is 0 Å². The maximum Gasteiger partial charge on any atom is 0.270 e. The van der Waals surface area contributed by atoms with Crippen molar-refractivity contribution in [1.82, 2.24) is 24.6 Å². The Hall–Kier alpha value is -1.80. The molecular formula is C25H37Cl2N5O2. The van der Waals surface area contributed by atoms with Crippen LogP contribution < -0.4 is 0 Å². The standard InChI is InChI=1S/C25H36ClN5O2.ClH/c1-3-4-9-31(25(33)23-17-19-16-20(26)5-6-22(19)27-23)18-24(32)30-14-12-29(13-15-30)21-7-10-28(2)11-8-21;/h5-6,16-17,21,27H,3-4,7-15,18H2,1-2H3;1H. The van der Waals surface area contributed by atoms with E-state index in [2.05, 4.69) is 28.8 Å². The van der Waals surface area contributed by atoms with Crippen molar-refractivity contribution in [3.63, 3.8) is 0 Å². The third-order valence-corrected chi connectivity index (χ3v) is 7.31. The van der Waals surface area contributed by atoms with Gasteiger partial charge in [0, 0.05) is 54.7 Å². The van der Waals surface area contributed by atoms with Crippen molar-refractivity contribution >= 4 is 46.7 Å². The SMILES string of the molecule is CCCCN(CC(=O)N1CCN(C2CCN(C)CC2)CC1)C(=O)c1cc2cc(Cl)ccc2[nH]1.Cl. The second-order valence-electron chi connectivity index (χ2n) is 9.45. The van der Waals surface area contributed by atoms with Gasteiger partial charge in [0.2, 0.25) is 5.91 Å². The van der Waals surface area contributed by atoms with Gasteiger partial charge in [-0.15, -0.1) is 12.4 Å². The van der Waals surface area contributed by atoms with Crippen molar-refractivity contribution in [2.45, 2.75) is 38.6 Å². The number of piperazine rings is 1. The quantitative estimate of drug-likeness (QED) is 0.617. The largest absolute Gasteiger partial charge is 0.351 e. The Balaban J connectivity index is 0.00000324. The molecule has 188 valence electrons. The van der Waals surface area contributed by atoms with Crippen LogP contribution >= 0.6 is 24.0 Å². The lowest BCUT2D eigenvalue weighted by Crippen LogP contribution is -2.55. The number of aromatic nitrogens is 1. The normalized spacial score (nSPS) is 18.1. The minimum absolute atomic E-state index is 0. The molecule has 2 aromatic rings. The van der Waals surface area contributed by atoms with Gasteiger partial charge in [0.1, 0.15) is 12.2 Å². The molecule has 0 radical (unpaired) electrons. The molecule has 0 atom stereocenters. The number of nitrogens with one attached hydrogen (secondary N) is 1. The van der Waals surface area contributed by atoms with E-state index in [9.17, 15) is 9.59 Å². The highest BCUT2D eigenvalue weighted by molar-refractivity contribution is 6.31. The number of unbranched alkanes of at least 4 members (excludes halogenated alkanes) is 1. The van der Waals surface area contributed by atoms with Crippen LogP contribution in [0.15, 0.2) is 24.3 Å². The highest BCUT2D eigenvalue weighted by atomic mass is 35.5. The molecule has 2 saturated heterocycles. The molecule has 2 aliphatic rings. The number of likely N-dealkylation sites (tertiary alicyclic amines) is 1. The molecule has 1 N–H and O–H groups in total. The second-order valence-corrected chi connectivity index (χ2v) is 9.88. The fourth-order valence-electron chi connectivity index (χ4n) is 4.95. The first kappa shape index (κ1) is 26.8. The Labute approximate surface area is 213 Å². The molecule has 0 bridgehead atoms. The number of piperidine rings is 1. The molecule has 0 saturated carbocycles. The molecule has 0 spiro atoms. The number of nitrogens with zero attached hydrogens (tertiary/aromatic N) is 4. The van der Waals surface area contributed by atoms with Crippen LogP contribution in [0.3, 0.4) is 0 Å². The van der Waals surface area contributed by atoms with Gasteiger partial charge in [-0.05, 0) is 63.7 Å². The molecule has 2 aliphatic heterocycles. The Morgan fingerprint density at radius 3 is 2.47 bits per heavy atom. The van der Waals surface area contributed by atoms with E-state index in [0.717, 1.165) is 63.0 Å². The summed E-state index contributed by atoms with van der Waals surface area (Å²) in [7, 11) is 2.18. The van der Waals surface area contributed by atoms with Crippen LogP contribution in [-0.2, 0) is 4.79 Å². The van der Waals surface area contributed by atoms with Crippen molar-refractivity contribution in [2.75, 3.05) is 59.4 Å². The summed E-state index contributed by atoms with van der Waals surface area (Å²) in [5.74, 6) is -0.0873. The summed E-state index contributed by atoms with van der Waals surface area (Å²) < 4.78 is 0. The summed E-state index contributed by atoms with van der Waals surface area (Å²) in [6.07, 6.45) is 4.25. The molecule has 4 rings (SSSR count). The van der Waals surface area contributed by atoms with Gasteiger partial charge in [-0.25, -0.2) is 0 Å². The zero-order valence-electron chi connectivity index (χ0n) is 20.3. The first-order chi connectivity index (χ1) is 15.9. The summed E-state index contributed by atoms with van der Waals surface area (Å²) in [5.41, 5.74) is 1.37. The molecule has 2 fully saturated rings. The summed E-state index contributed by atoms with van der Waals surface area (Å²) in [6.45, 7) is 8.43.